The molecule has 1 aromatic carbocycles. The topological polar surface area (TPSA) is 46.5 Å². The van der Waals surface area contributed by atoms with E-state index < -0.39 is 5.97 Å². The maximum Gasteiger partial charge on any atom is 0.335 e. The van der Waals surface area contributed by atoms with E-state index in [0.29, 0.717) is 11.5 Å². The predicted molar refractivity (Wildman–Crippen MR) is 127 cm³/mol. The van der Waals surface area contributed by atoms with Crippen LogP contribution < -0.4 is 4.74 Å². The second kappa shape index (κ2) is 10.1. The highest BCUT2D eigenvalue weighted by Gasteiger charge is 2.30. The zero-order valence-corrected chi connectivity index (χ0v) is 19.2. The van der Waals surface area contributed by atoms with Crippen LogP contribution >= 0.6 is 23.1 Å². The van der Waals surface area contributed by atoms with E-state index >= 15 is 0 Å². The van der Waals surface area contributed by atoms with Crippen LogP contribution in [0.15, 0.2) is 36.4 Å². The lowest BCUT2D eigenvalue weighted by atomic mass is 9.82. The molecular formula is C25H30O3S2. The number of aryl methyl sites for hydroxylation is 1. The molecule has 5 heteroatoms. The van der Waals surface area contributed by atoms with Crippen molar-refractivity contribution >= 4 is 34.6 Å². The van der Waals surface area contributed by atoms with Crippen molar-refractivity contribution in [3.63, 3.8) is 0 Å². The highest BCUT2D eigenvalue weighted by Crippen LogP contribution is 2.43. The average molecular weight is 443 g/mol. The summed E-state index contributed by atoms with van der Waals surface area (Å²) in [5.74, 6) is 2.70. The Balaban J connectivity index is 1.66. The van der Waals surface area contributed by atoms with Gasteiger partial charge in [0.2, 0.25) is 0 Å². The van der Waals surface area contributed by atoms with Crippen molar-refractivity contribution in [1.82, 2.24) is 0 Å². The fourth-order valence-electron chi connectivity index (χ4n) is 4.54. The van der Waals surface area contributed by atoms with Gasteiger partial charge in [-0.2, -0.15) is 11.8 Å². The van der Waals surface area contributed by atoms with Gasteiger partial charge in [0.1, 0.15) is 11.9 Å². The highest BCUT2D eigenvalue weighted by molar-refractivity contribution is 7.99. The van der Waals surface area contributed by atoms with Crippen molar-refractivity contribution in [2.45, 2.75) is 58.0 Å². The molecule has 1 unspecified atom stereocenters. The van der Waals surface area contributed by atoms with Crippen molar-refractivity contribution in [1.29, 1.82) is 0 Å². The number of allylic oxidation sites excluding steroid dienone is 1. The van der Waals surface area contributed by atoms with Gasteiger partial charge in [0.05, 0.1) is 5.56 Å². The molecule has 160 valence electrons. The van der Waals surface area contributed by atoms with Gasteiger partial charge in [-0.15, -0.1) is 11.3 Å². The standard InChI is InChI=1S/C25H30O3S2/c1-2-22-21(16-23(30-22)17-12-14-29-15-13-17)24(18-6-4-3-5-7-18)28-20-10-8-19(9-11-20)25(26)27/h8-12,16,18,24H,2-7,13-15H2,1H3,(H,26,27). The Morgan fingerprint density at radius 3 is 2.60 bits per heavy atom. The van der Waals surface area contributed by atoms with Crippen LogP contribution in [0.25, 0.3) is 5.57 Å². The van der Waals surface area contributed by atoms with E-state index in [0.717, 1.165) is 24.3 Å². The fraction of sp³-hybridized carbons (Fsp3) is 0.480. The third kappa shape index (κ3) is 4.94. The van der Waals surface area contributed by atoms with Gasteiger partial charge < -0.3 is 9.84 Å². The molecule has 1 aromatic heterocycles. The van der Waals surface area contributed by atoms with E-state index in [4.69, 9.17) is 4.74 Å². The Labute approximate surface area is 187 Å². The second-order valence-electron chi connectivity index (χ2n) is 8.16. The van der Waals surface area contributed by atoms with Crippen LogP contribution in [0.4, 0.5) is 0 Å². The molecule has 0 amide bonds. The summed E-state index contributed by atoms with van der Waals surface area (Å²) >= 11 is 3.95. The minimum atomic E-state index is -0.903. The fourth-order valence-corrected chi connectivity index (χ4v) is 6.60. The number of carbonyl (C=O) groups is 1. The Morgan fingerprint density at radius 2 is 1.97 bits per heavy atom. The average Bonchev–Trinajstić information content (AvgIpc) is 3.23. The predicted octanol–water partition coefficient (Wildman–Crippen LogP) is 7.23. The summed E-state index contributed by atoms with van der Waals surface area (Å²) in [4.78, 5) is 14.0. The summed E-state index contributed by atoms with van der Waals surface area (Å²) in [6, 6.07) is 9.29. The molecule has 4 rings (SSSR count). The first-order valence-corrected chi connectivity index (χ1v) is 13.0. The number of thioether (sulfide) groups is 1. The summed E-state index contributed by atoms with van der Waals surface area (Å²) in [5, 5.41) is 9.19. The molecule has 1 N–H and O–H groups in total. The second-order valence-corrected chi connectivity index (χ2v) is 10.4. The molecular weight excluding hydrogens is 412 g/mol. The van der Waals surface area contributed by atoms with E-state index in [1.54, 1.807) is 24.3 Å². The van der Waals surface area contributed by atoms with Crippen molar-refractivity contribution in [2.24, 2.45) is 5.92 Å². The largest absolute Gasteiger partial charge is 0.485 e. The smallest absolute Gasteiger partial charge is 0.335 e. The molecule has 0 spiro atoms. The summed E-state index contributed by atoms with van der Waals surface area (Å²) in [5.41, 5.74) is 3.14. The highest BCUT2D eigenvalue weighted by atomic mass is 32.2. The lowest BCUT2D eigenvalue weighted by molar-refractivity contribution is 0.0696. The molecule has 1 aliphatic carbocycles. The number of carboxylic acid groups (broad SMARTS) is 1. The van der Waals surface area contributed by atoms with Crippen LogP contribution in [-0.4, -0.2) is 22.6 Å². The third-order valence-corrected chi connectivity index (χ3v) is 8.46. The van der Waals surface area contributed by atoms with E-state index in [9.17, 15) is 9.90 Å². The normalized spacial score (nSPS) is 18.6. The molecule has 2 aromatic rings. The Kier molecular flexibility index (Phi) is 7.21. The molecule has 0 radical (unpaired) electrons. The number of thiophene rings is 1. The number of carboxylic acids is 1. The lowest BCUT2D eigenvalue weighted by Gasteiger charge is -2.31. The van der Waals surface area contributed by atoms with Gasteiger partial charge in [-0.25, -0.2) is 4.79 Å². The van der Waals surface area contributed by atoms with Crippen LogP contribution in [-0.2, 0) is 6.42 Å². The maximum atomic E-state index is 11.2. The minimum Gasteiger partial charge on any atom is -0.485 e. The minimum absolute atomic E-state index is 0.0412. The Hall–Kier alpha value is -1.72. The summed E-state index contributed by atoms with van der Waals surface area (Å²) < 4.78 is 6.61. The van der Waals surface area contributed by atoms with Crippen LogP contribution in [0.5, 0.6) is 5.75 Å². The molecule has 1 atom stereocenters. The zero-order valence-electron chi connectivity index (χ0n) is 17.6. The number of rotatable bonds is 7. The van der Waals surface area contributed by atoms with Gasteiger partial charge in [0.25, 0.3) is 0 Å². The Morgan fingerprint density at radius 1 is 1.20 bits per heavy atom. The van der Waals surface area contributed by atoms with Gasteiger partial charge in [-0.05, 0) is 67.3 Å². The summed E-state index contributed by atoms with van der Waals surface area (Å²) in [6.07, 6.45) is 10.9. The molecule has 1 saturated carbocycles. The van der Waals surface area contributed by atoms with Crippen LogP contribution in [0.3, 0.4) is 0 Å². The van der Waals surface area contributed by atoms with Crippen molar-refractivity contribution in [2.75, 3.05) is 11.5 Å². The van der Waals surface area contributed by atoms with Gasteiger partial charge in [-0.1, -0.05) is 32.3 Å². The quantitative estimate of drug-likeness (QED) is 0.491. The lowest BCUT2D eigenvalue weighted by Crippen LogP contribution is -2.22. The molecule has 30 heavy (non-hydrogen) atoms. The van der Waals surface area contributed by atoms with Gasteiger partial charge in [-0.3, -0.25) is 0 Å². The van der Waals surface area contributed by atoms with Crippen LogP contribution in [0.2, 0.25) is 0 Å². The van der Waals surface area contributed by atoms with Crippen molar-refractivity contribution < 1.29 is 14.6 Å². The summed E-state index contributed by atoms with van der Waals surface area (Å²) in [7, 11) is 0. The molecule has 3 nitrogen and oxygen atoms in total. The first-order chi connectivity index (χ1) is 14.7. The van der Waals surface area contributed by atoms with E-state index in [2.05, 4.69) is 19.1 Å². The summed E-state index contributed by atoms with van der Waals surface area (Å²) in [6.45, 7) is 2.24. The monoisotopic (exact) mass is 442 g/mol. The van der Waals surface area contributed by atoms with E-state index in [-0.39, 0.29) is 6.10 Å². The molecule has 2 heterocycles. The number of hydrogen-bond donors (Lipinski definition) is 1. The van der Waals surface area contributed by atoms with Gasteiger partial charge >= 0.3 is 5.97 Å². The van der Waals surface area contributed by atoms with Crippen LogP contribution in [0.1, 0.15) is 77.2 Å². The van der Waals surface area contributed by atoms with E-state index in [1.165, 1.54) is 58.7 Å². The van der Waals surface area contributed by atoms with Crippen LogP contribution in [0, 0.1) is 5.92 Å². The van der Waals surface area contributed by atoms with Gasteiger partial charge in [0.15, 0.2) is 0 Å². The molecule has 1 aliphatic heterocycles. The maximum absolute atomic E-state index is 11.2. The molecule has 1 fully saturated rings. The third-order valence-electron chi connectivity index (χ3n) is 6.19. The first-order valence-electron chi connectivity index (χ1n) is 11.1. The first kappa shape index (κ1) is 21.5. The van der Waals surface area contributed by atoms with Crippen molar-refractivity contribution in [3.8, 4) is 5.75 Å². The number of ether oxygens (including phenoxy) is 1. The Bertz CT molecular complexity index is 892. The molecule has 0 bridgehead atoms. The SMILES string of the molecule is CCc1sc(C2=CCSCC2)cc1C(Oc1ccc(C(=O)O)cc1)C1CCCCC1. The number of hydrogen-bond acceptors (Lipinski definition) is 4. The molecule has 0 saturated heterocycles. The zero-order chi connectivity index (χ0) is 20.9. The number of benzene rings is 1. The number of aromatic carboxylic acids is 1. The van der Waals surface area contributed by atoms with Gasteiger partial charge in [0, 0.05) is 27.0 Å². The molecule has 2 aliphatic rings. The van der Waals surface area contributed by atoms with Crippen molar-refractivity contribution in [3.05, 3.63) is 57.3 Å². The van der Waals surface area contributed by atoms with E-state index in [1.807, 2.05) is 23.1 Å².